The first kappa shape index (κ1) is 20.5. The average molecular weight is 350 g/mol. The zero-order valence-corrected chi connectivity index (χ0v) is 15.3. The maximum Gasteiger partial charge on any atom is 0.341 e. The van der Waals surface area contributed by atoms with Crippen LogP contribution in [-0.4, -0.2) is 35.5 Å². The van der Waals surface area contributed by atoms with Gasteiger partial charge in [0.05, 0.1) is 6.04 Å². The lowest BCUT2D eigenvalue weighted by Crippen LogP contribution is -2.48. The van der Waals surface area contributed by atoms with Crippen LogP contribution in [0.3, 0.4) is 0 Å². The molecule has 1 rings (SSSR count). The Kier molecular flexibility index (Phi) is 6.97. The van der Waals surface area contributed by atoms with Crippen LogP contribution < -0.4 is 15.4 Å². The molecule has 2 amide bonds. The fourth-order valence-electron chi connectivity index (χ4n) is 1.90. The van der Waals surface area contributed by atoms with Gasteiger partial charge in [-0.05, 0) is 31.5 Å². The molecule has 0 aliphatic heterocycles. The molecule has 0 saturated carbocycles. The third kappa shape index (κ3) is 6.82. The molecule has 0 saturated heterocycles. The van der Waals surface area contributed by atoms with E-state index in [1.165, 1.54) is 0 Å². The standard InChI is InChI=1S/C18H26N2O5/c1-11(13-6-8-14(9-7-13)25-10-15(21)22)19-16(23)12(2)20-17(24)18(3,4)5/h6-9,11-12H,10H2,1-5H3,(H,19,23)(H,20,24)(H,21,22). The molecule has 0 bridgehead atoms. The van der Waals surface area contributed by atoms with Crippen LogP contribution in [0.15, 0.2) is 24.3 Å². The van der Waals surface area contributed by atoms with E-state index < -0.39 is 24.0 Å². The molecule has 0 fully saturated rings. The Morgan fingerprint density at radius 1 is 1.08 bits per heavy atom. The van der Waals surface area contributed by atoms with E-state index >= 15 is 0 Å². The van der Waals surface area contributed by atoms with Crippen LogP contribution in [0.4, 0.5) is 0 Å². The molecule has 0 aliphatic rings. The van der Waals surface area contributed by atoms with Crippen molar-refractivity contribution in [2.75, 3.05) is 6.61 Å². The van der Waals surface area contributed by atoms with Gasteiger partial charge in [0.25, 0.3) is 0 Å². The lowest BCUT2D eigenvalue weighted by Gasteiger charge is -2.23. The van der Waals surface area contributed by atoms with E-state index in [2.05, 4.69) is 10.6 Å². The first-order valence-corrected chi connectivity index (χ1v) is 8.06. The number of benzene rings is 1. The van der Waals surface area contributed by atoms with E-state index in [4.69, 9.17) is 9.84 Å². The van der Waals surface area contributed by atoms with Crippen molar-refractivity contribution in [1.82, 2.24) is 10.6 Å². The number of amides is 2. The van der Waals surface area contributed by atoms with Crippen molar-refractivity contribution >= 4 is 17.8 Å². The molecule has 2 atom stereocenters. The number of carboxylic acids is 1. The smallest absolute Gasteiger partial charge is 0.341 e. The van der Waals surface area contributed by atoms with Crippen LogP contribution in [0.2, 0.25) is 0 Å². The molecule has 138 valence electrons. The van der Waals surface area contributed by atoms with Gasteiger partial charge in [0.2, 0.25) is 11.8 Å². The minimum Gasteiger partial charge on any atom is -0.482 e. The van der Waals surface area contributed by atoms with Gasteiger partial charge in [0, 0.05) is 5.41 Å². The predicted octanol–water partition coefficient (Wildman–Crippen LogP) is 1.88. The number of ether oxygens (including phenoxy) is 1. The highest BCUT2D eigenvalue weighted by molar-refractivity contribution is 5.89. The number of carboxylic acid groups (broad SMARTS) is 1. The highest BCUT2D eigenvalue weighted by Gasteiger charge is 2.25. The molecule has 1 aromatic rings. The summed E-state index contributed by atoms with van der Waals surface area (Å²) in [7, 11) is 0. The summed E-state index contributed by atoms with van der Waals surface area (Å²) in [5.41, 5.74) is 0.275. The van der Waals surface area contributed by atoms with E-state index in [1.807, 2.05) is 6.92 Å². The zero-order valence-electron chi connectivity index (χ0n) is 15.3. The third-order valence-corrected chi connectivity index (χ3v) is 3.52. The van der Waals surface area contributed by atoms with Crippen LogP contribution in [-0.2, 0) is 14.4 Å². The second-order valence-electron chi connectivity index (χ2n) is 6.93. The summed E-state index contributed by atoms with van der Waals surface area (Å²) in [6, 6.07) is 5.88. The molecule has 7 heteroatoms. The highest BCUT2D eigenvalue weighted by Crippen LogP contribution is 2.18. The maximum atomic E-state index is 12.2. The van der Waals surface area contributed by atoms with Gasteiger partial charge in [-0.3, -0.25) is 9.59 Å². The second-order valence-corrected chi connectivity index (χ2v) is 6.93. The zero-order chi connectivity index (χ0) is 19.2. The predicted molar refractivity (Wildman–Crippen MR) is 93.2 cm³/mol. The average Bonchev–Trinajstić information content (AvgIpc) is 2.52. The van der Waals surface area contributed by atoms with Gasteiger partial charge in [0.15, 0.2) is 6.61 Å². The van der Waals surface area contributed by atoms with Gasteiger partial charge in [-0.1, -0.05) is 32.9 Å². The van der Waals surface area contributed by atoms with Gasteiger partial charge < -0.3 is 20.5 Å². The number of hydrogen-bond donors (Lipinski definition) is 3. The van der Waals surface area contributed by atoms with E-state index in [-0.39, 0.29) is 17.9 Å². The number of hydrogen-bond acceptors (Lipinski definition) is 4. The first-order valence-electron chi connectivity index (χ1n) is 8.06. The van der Waals surface area contributed by atoms with E-state index in [0.29, 0.717) is 5.75 Å². The summed E-state index contributed by atoms with van der Waals surface area (Å²) in [4.78, 5) is 34.6. The van der Waals surface area contributed by atoms with E-state index in [9.17, 15) is 14.4 Å². The number of rotatable bonds is 7. The van der Waals surface area contributed by atoms with Crippen molar-refractivity contribution in [2.45, 2.75) is 46.7 Å². The van der Waals surface area contributed by atoms with Crippen molar-refractivity contribution in [3.8, 4) is 5.75 Å². The van der Waals surface area contributed by atoms with Crippen molar-refractivity contribution in [3.63, 3.8) is 0 Å². The highest BCUT2D eigenvalue weighted by atomic mass is 16.5. The normalized spacial score (nSPS) is 13.5. The van der Waals surface area contributed by atoms with Crippen molar-refractivity contribution in [3.05, 3.63) is 29.8 Å². The second kappa shape index (κ2) is 8.50. The Morgan fingerprint density at radius 3 is 2.12 bits per heavy atom. The topological polar surface area (TPSA) is 105 Å². The summed E-state index contributed by atoms with van der Waals surface area (Å²) >= 11 is 0. The quantitative estimate of drug-likeness (QED) is 0.696. The third-order valence-electron chi connectivity index (χ3n) is 3.52. The molecule has 3 N–H and O–H groups in total. The maximum absolute atomic E-state index is 12.2. The molecular formula is C18H26N2O5. The molecule has 0 radical (unpaired) electrons. The van der Waals surface area contributed by atoms with Crippen LogP contribution in [0, 0.1) is 5.41 Å². The molecule has 0 heterocycles. The van der Waals surface area contributed by atoms with Gasteiger partial charge in [-0.15, -0.1) is 0 Å². The SMILES string of the molecule is CC(NC(=O)C(C)(C)C)C(=O)NC(C)c1ccc(OCC(=O)O)cc1. The fraction of sp³-hybridized carbons (Fsp3) is 0.500. The van der Waals surface area contributed by atoms with E-state index in [1.54, 1.807) is 52.0 Å². The molecule has 2 unspecified atom stereocenters. The Morgan fingerprint density at radius 2 is 1.64 bits per heavy atom. The molecule has 1 aromatic carbocycles. The Labute approximate surface area is 147 Å². The van der Waals surface area contributed by atoms with Gasteiger partial charge in [-0.25, -0.2) is 4.79 Å². The molecule has 0 aromatic heterocycles. The van der Waals surface area contributed by atoms with Crippen molar-refractivity contribution < 1.29 is 24.2 Å². The summed E-state index contributed by atoms with van der Waals surface area (Å²) in [5, 5.41) is 14.1. The summed E-state index contributed by atoms with van der Waals surface area (Å²) in [6.07, 6.45) is 0. The minimum absolute atomic E-state index is 0.192. The molecule has 0 spiro atoms. The number of nitrogens with one attached hydrogen (secondary N) is 2. The van der Waals surface area contributed by atoms with Crippen molar-refractivity contribution in [2.24, 2.45) is 5.41 Å². The monoisotopic (exact) mass is 350 g/mol. The molecule has 0 aliphatic carbocycles. The van der Waals surface area contributed by atoms with Gasteiger partial charge >= 0.3 is 5.97 Å². The van der Waals surface area contributed by atoms with Gasteiger partial charge in [-0.2, -0.15) is 0 Å². The van der Waals surface area contributed by atoms with E-state index in [0.717, 1.165) is 5.56 Å². The van der Waals surface area contributed by atoms with Crippen LogP contribution in [0.1, 0.15) is 46.2 Å². The summed E-state index contributed by atoms with van der Waals surface area (Å²) in [5.74, 6) is -1.08. The van der Waals surface area contributed by atoms with Crippen molar-refractivity contribution in [1.29, 1.82) is 0 Å². The van der Waals surface area contributed by atoms with Crippen LogP contribution >= 0.6 is 0 Å². The number of carbonyl (C=O) groups excluding carboxylic acids is 2. The van der Waals surface area contributed by atoms with Gasteiger partial charge in [0.1, 0.15) is 11.8 Å². The lowest BCUT2D eigenvalue weighted by molar-refractivity contribution is -0.139. The molecular weight excluding hydrogens is 324 g/mol. The minimum atomic E-state index is -1.05. The Hall–Kier alpha value is -2.57. The lowest BCUT2D eigenvalue weighted by atomic mass is 9.95. The molecule has 7 nitrogen and oxygen atoms in total. The summed E-state index contributed by atoms with van der Waals surface area (Å²) < 4.78 is 5.06. The molecule has 25 heavy (non-hydrogen) atoms. The largest absolute Gasteiger partial charge is 0.482 e. The Balaban J connectivity index is 2.59. The Bertz CT molecular complexity index is 619. The number of aliphatic carboxylic acids is 1. The van der Waals surface area contributed by atoms with Crippen LogP contribution in [0.5, 0.6) is 5.75 Å². The summed E-state index contributed by atoms with van der Waals surface area (Å²) in [6.45, 7) is 8.39. The fourth-order valence-corrected chi connectivity index (χ4v) is 1.90. The number of carbonyl (C=O) groups is 3. The first-order chi connectivity index (χ1) is 11.5. The van der Waals surface area contributed by atoms with Crippen LogP contribution in [0.25, 0.3) is 0 Å².